The molecule has 11 heteroatoms. The average Bonchev–Trinajstić information content (AvgIpc) is 3.50. The highest BCUT2D eigenvalue weighted by molar-refractivity contribution is 6.41. The van der Waals surface area contributed by atoms with Crippen LogP contribution in [0.1, 0.15) is 40.9 Å². The smallest absolute Gasteiger partial charge is 0.497 e. The van der Waals surface area contributed by atoms with Crippen molar-refractivity contribution in [3.63, 3.8) is 0 Å². The summed E-state index contributed by atoms with van der Waals surface area (Å²) in [6.45, 7) is 3.09. The van der Waals surface area contributed by atoms with Crippen LogP contribution in [0, 0.1) is 13.8 Å². The number of hydrogen-bond acceptors (Lipinski definition) is 5. The number of carboxylic acids is 1. The highest BCUT2D eigenvalue weighted by atomic mass is 19.2. The maximum atomic E-state index is 14.1. The SMILES string of the molecule is COc1ccc(C2=N/C(=C\c3c(C)c(CC(C(=O)O)N4C(=O)CCC4=O)c(C)n3B(F)F)C=C2)cc1. The minimum atomic E-state index is -2.89. The lowest BCUT2D eigenvalue weighted by Gasteiger charge is -2.23. The first kappa shape index (κ1) is 25.1. The summed E-state index contributed by atoms with van der Waals surface area (Å²) in [6.07, 6.45) is 4.62. The standard InChI is InChI=1S/C25H24BF2N3O5/c1-14-19(13-22(25(34)35)30-23(32)10-11-24(30)33)15(2)31(26(27)28)21(14)12-17-6-9-20(29-17)16-4-7-18(36-3)8-5-16/h4-9,12,22H,10-11,13H2,1-3H3,(H,34,35)/b17-12-. The molecule has 1 N–H and O–H groups in total. The van der Waals surface area contributed by atoms with E-state index >= 15 is 0 Å². The number of likely N-dealkylation sites (tertiary alicyclic amines) is 1. The van der Waals surface area contributed by atoms with Crippen LogP contribution < -0.4 is 4.74 Å². The number of aromatic nitrogens is 1. The van der Waals surface area contributed by atoms with Gasteiger partial charge < -0.3 is 14.3 Å². The van der Waals surface area contributed by atoms with E-state index < -0.39 is 31.2 Å². The summed E-state index contributed by atoms with van der Waals surface area (Å²) >= 11 is 0. The fourth-order valence-electron chi connectivity index (χ4n) is 4.61. The predicted molar refractivity (Wildman–Crippen MR) is 130 cm³/mol. The predicted octanol–water partition coefficient (Wildman–Crippen LogP) is 3.43. The van der Waals surface area contributed by atoms with E-state index in [4.69, 9.17) is 4.74 Å². The molecule has 3 heterocycles. The average molecular weight is 495 g/mol. The van der Waals surface area contributed by atoms with Gasteiger partial charge in [0.1, 0.15) is 11.8 Å². The van der Waals surface area contributed by atoms with Crippen LogP contribution in [-0.4, -0.2) is 58.5 Å². The van der Waals surface area contributed by atoms with E-state index in [1.807, 2.05) is 12.1 Å². The maximum absolute atomic E-state index is 14.1. The zero-order chi connectivity index (χ0) is 26.1. The third-order valence-corrected chi connectivity index (χ3v) is 6.51. The highest BCUT2D eigenvalue weighted by Gasteiger charge is 2.40. The zero-order valence-electron chi connectivity index (χ0n) is 20.0. The van der Waals surface area contributed by atoms with Crippen LogP contribution in [0.15, 0.2) is 47.1 Å². The van der Waals surface area contributed by atoms with Crippen molar-refractivity contribution in [3.8, 4) is 5.75 Å². The van der Waals surface area contributed by atoms with Gasteiger partial charge in [-0.1, -0.05) is 0 Å². The number of amides is 2. The van der Waals surface area contributed by atoms with Crippen LogP contribution in [0.4, 0.5) is 8.63 Å². The van der Waals surface area contributed by atoms with Crippen molar-refractivity contribution in [2.75, 3.05) is 7.11 Å². The zero-order valence-corrected chi connectivity index (χ0v) is 20.0. The van der Waals surface area contributed by atoms with Gasteiger partial charge in [-0.2, -0.15) is 0 Å². The van der Waals surface area contributed by atoms with Crippen LogP contribution in [-0.2, 0) is 20.8 Å². The molecule has 1 atom stereocenters. The number of carbonyl (C=O) groups is 3. The molecule has 1 fully saturated rings. The first-order chi connectivity index (χ1) is 17.1. The second-order valence-electron chi connectivity index (χ2n) is 8.57. The summed E-state index contributed by atoms with van der Waals surface area (Å²) in [5, 5.41) is 9.75. The molecular weight excluding hydrogens is 471 g/mol. The Hall–Kier alpha value is -4.02. The molecule has 1 saturated heterocycles. The summed E-state index contributed by atoms with van der Waals surface area (Å²) in [5.74, 6) is -1.82. The van der Waals surface area contributed by atoms with Gasteiger partial charge in [0.25, 0.3) is 0 Å². The normalized spacial score (nSPS) is 17.2. The molecule has 0 spiro atoms. The molecule has 0 saturated carbocycles. The Balaban J connectivity index is 1.71. The lowest BCUT2D eigenvalue weighted by Crippen LogP contribution is -2.46. The van der Waals surface area contributed by atoms with Crippen LogP contribution in [0.3, 0.4) is 0 Å². The Morgan fingerprint density at radius 3 is 2.36 bits per heavy atom. The Bertz CT molecular complexity index is 1310. The number of halogens is 2. The van der Waals surface area contributed by atoms with Gasteiger partial charge in [0.15, 0.2) is 0 Å². The summed E-state index contributed by atoms with van der Waals surface area (Å²) in [5.41, 5.74) is 3.08. The fourth-order valence-corrected chi connectivity index (χ4v) is 4.61. The molecule has 2 amide bonds. The number of ether oxygens (including phenoxy) is 1. The van der Waals surface area contributed by atoms with Crippen molar-refractivity contribution >= 4 is 37.0 Å². The Kier molecular flexibility index (Phi) is 6.92. The van der Waals surface area contributed by atoms with Gasteiger partial charge in [0.05, 0.1) is 18.5 Å². The quantitative estimate of drug-likeness (QED) is 0.447. The van der Waals surface area contributed by atoms with E-state index in [0.29, 0.717) is 28.3 Å². The Morgan fingerprint density at radius 2 is 1.81 bits per heavy atom. The van der Waals surface area contributed by atoms with Gasteiger partial charge in [-0.05, 0) is 67.5 Å². The van der Waals surface area contributed by atoms with Gasteiger partial charge in [-0.25, -0.2) is 9.79 Å². The van der Waals surface area contributed by atoms with Crippen molar-refractivity contribution < 1.29 is 32.9 Å². The summed E-state index contributed by atoms with van der Waals surface area (Å²) in [7, 11) is -1.32. The molecule has 2 aliphatic rings. The molecule has 1 aromatic carbocycles. The number of nitrogens with zero attached hydrogens (tertiary/aromatic N) is 3. The van der Waals surface area contributed by atoms with Crippen LogP contribution in [0.2, 0.25) is 0 Å². The number of rotatable bonds is 8. The first-order valence-corrected chi connectivity index (χ1v) is 11.3. The molecule has 186 valence electrons. The number of aliphatic imine (C=N–C) groups is 1. The molecular formula is C25H24BF2N3O5. The van der Waals surface area contributed by atoms with Gasteiger partial charge in [0, 0.05) is 36.2 Å². The molecule has 0 aliphatic carbocycles. The largest absolute Gasteiger partial charge is 0.677 e. The van der Waals surface area contributed by atoms with E-state index in [2.05, 4.69) is 4.99 Å². The van der Waals surface area contributed by atoms with Gasteiger partial charge in [-0.15, -0.1) is 0 Å². The van der Waals surface area contributed by atoms with Crippen LogP contribution in [0.25, 0.3) is 6.08 Å². The Labute approximate surface area is 206 Å². The number of benzene rings is 1. The summed E-state index contributed by atoms with van der Waals surface area (Å²) in [4.78, 5) is 41.6. The number of aliphatic carboxylic acids is 1. The molecule has 8 nitrogen and oxygen atoms in total. The summed E-state index contributed by atoms with van der Waals surface area (Å²) in [6, 6.07) is 5.80. The molecule has 0 bridgehead atoms. The highest BCUT2D eigenvalue weighted by Crippen LogP contribution is 2.30. The van der Waals surface area contributed by atoms with Crippen molar-refractivity contribution in [2.45, 2.75) is 39.2 Å². The van der Waals surface area contributed by atoms with Crippen molar-refractivity contribution in [3.05, 3.63) is 70.2 Å². The molecule has 0 radical (unpaired) electrons. The maximum Gasteiger partial charge on any atom is 0.677 e. The van der Waals surface area contributed by atoms with Crippen molar-refractivity contribution in [1.29, 1.82) is 0 Å². The van der Waals surface area contributed by atoms with E-state index in [1.165, 1.54) is 13.0 Å². The molecule has 2 aliphatic heterocycles. The Morgan fingerprint density at radius 1 is 1.17 bits per heavy atom. The second-order valence-corrected chi connectivity index (χ2v) is 8.57. The monoisotopic (exact) mass is 495 g/mol. The molecule has 36 heavy (non-hydrogen) atoms. The lowest BCUT2D eigenvalue weighted by atomic mass is 10.0. The number of carbonyl (C=O) groups excluding carboxylic acids is 2. The van der Waals surface area contributed by atoms with Gasteiger partial charge >= 0.3 is 13.4 Å². The van der Waals surface area contributed by atoms with Crippen molar-refractivity contribution in [1.82, 2.24) is 9.38 Å². The second kappa shape index (κ2) is 9.92. The van der Waals surface area contributed by atoms with E-state index in [9.17, 15) is 28.1 Å². The van der Waals surface area contributed by atoms with Gasteiger partial charge in [0.2, 0.25) is 11.8 Å². The summed E-state index contributed by atoms with van der Waals surface area (Å²) < 4.78 is 34.2. The minimum absolute atomic E-state index is 0.0587. The topological polar surface area (TPSA) is 101 Å². The number of carboxylic acid groups (broad SMARTS) is 1. The number of imide groups is 1. The van der Waals surface area contributed by atoms with E-state index in [-0.39, 0.29) is 30.7 Å². The molecule has 1 unspecified atom stereocenters. The molecule has 4 rings (SSSR count). The number of hydrogen-bond donors (Lipinski definition) is 1. The minimum Gasteiger partial charge on any atom is -0.497 e. The number of methoxy groups -OCH3 is 1. The van der Waals surface area contributed by atoms with Crippen molar-refractivity contribution in [2.24, 2.45) is 4.99 Å². The van der Waals surface area contributed by atoms with E-state index in [0.717, 1.165) is 14.9 Å². The third kappa shape index (κ3) is 4.60. The third-order valence-electron chi connectivity index (χ3n) is 6.51. The number of allylic oxidation sites excluding steroid dienone is 2. The van der Waals surface area contributed by atoms with E-state index in [1.54, 1.807) is 38.3 Å². The van der Waals surface area contributed by atoms with Crippen LogP contribution >= 0.6 is 0 Å². The fraction of sp³-hybridized carbons (Fsp3) is 0.280. The first-order valence-electron chi connectivity index (χ1n) is 11.3. The van der Waals surface area contributed by atoms with Crippen LogP contribution in [0.5, 0.6) is 5.75 Å². The molecule has 1 aromatic heterocycles. The van der Waals surface area contributed by atoms with Gasteiger partial charge in [-0.3, -0.25) is 23.1 Å². The lowest BCUT2D eigenvalue weighted by molar-refractivity contribution is -0.154. The molecule has 2 aromatic rings.